The maximum absolute atomic E-state index is 13.3. The number of hydrogen-bond donors (Lipinski definition) is 1. The van der Waals surface area contributed by atoms with Gasteiger partial charge in [-0.2, -0.15) is 0 Å². The minimum Gasteiger partial charge on any atom is -0.380 e. The lowest BCUT2D eigenvalue weighted by molar-refractivity contribution is 0.125. The van der Waals surface area contributed by atoms with Gasteiger partial charge >= 0.3 is 0 Å². The van der Waals surface area contributed by atoms with Gasteiger partial charge in [-0.15, -0.1) is 0 Å². The van der Waals surface area contributed by atoms with E-state index in [4.69, 9.17) is 10.5 Å². The number of benzene rings is 2. The molecule has 4 nitrogen and oxygen atoms in total. The summed E-state index contributed by atoms with van der Waals surface area (Å²) in [7, 11) is -3.54. The Hall–Kier alpha value is -1.69. The van der Waals surface area contributed by atoms with Gasteiger partial charge in [-0.05, 0) is 43.5 Å². The first-order chi connectivity index (χ1) is 12.3. The van der Waals surface area contributed by atoms with Crippen LogP contribution in [0.5, 0.6) is 0 Å². The minimum atomic E-state index is -3.54. The lowest BCUT2D eigenvalue weighted by Gasteiger charge is -2.12. The Kier molecular flexibility index (Phi) is 5.24. The van der Waals surface area contributed by atoms with Crippen molar-refractivity contribution in [2.24, 2.45) is 5.73 Å². The van der Waals surface area contributed by atoms with Crippen LogP contribution in [0.1, 0.15) is 36.5 Å². The van der Waals surface area contributed by atoms with Gasteiger partial charge in [0.15, 0.2) is 9.84 Å². The maximum Gasteiger partial charge on any atom is 0.183 e. The molecule has 2 N–H and O–H groups in total. The first kappa shape index (κ1) is 19.1. The fourth-order valence-electron chi connectivity index (χ4n) is 3.66. The molecule has 0 aromatic heterocycles. The number of rotatable bonds is 7. The Morgan fingerprint density at radius 2 is 1.65 bits per heavy atom. The standard InChI is InChI=1S/C21H27NO3S/c1-4-16-8-10-17(11-9-16)19-20(21(19,22)14-25-5-2)26(23,24)18-12-6-15(3)7-13-18/h6-13,19-20H,4-5,14,22H2,1-3H3/t19-,20+,21-/m1/s1. The predicted molar refractivity (Wildman–Crippen MR) is 104 cm³/mol. The second-order valence-corrected chi connectivity index (χ2v) is 9.17. The Balaban J connectivity index is 1.97. The van der Waals surface area contributed by atoms with Gasteiger partial charge in [0.1, 0.15) is 0 Å². The average Bonchev–Trinajstić information content (AvgIpc) is 3.27. The van der Waals surface area contributed by atoms with Crippen LogP contribution in [-0.2, 0) is 21.0 Å². The summed E-state index contributed by atoms with van der Waals surface area (Å²) < 4.78 is 32.1. The number of nitrogens with two attached hydrogens (primary N) is 1. The van der Waals surface area contributed by atoms with Gasteiger partial charge in [0.2, 0.25) is 0 Å². The molecule has 0 spiro atoms. The number of ether oxygens (including phenoxy) is 1. The van der Waals surface area contributed by atoms with Crippen LogP contribution >= 0.6 is 0 Å². The largest absolute Gasteiger partial charge is 0.380 e. The van der Waals surface area contributed by atoms with E-state index in [0.717, 1.165) is 17.5 Å². The van der Waals surface area contributed by atoms with E-state index < -0.39 is 20.6 Å². The van der Waals surface area contributed by atoms with Crippen LogP contribution in [0.15, 0.2) is 53.4 Å². The maximum atomic E-state index is 13.3. The van der Waals surface area contributed by atoms with Gasteiger partial charge in [0, 0.05) is 12.5 Å². The first-order valence-corrected chi connectivity index (χ1v) is 10.6. The lowest BCUT2D eigenvalue weighted by atomic mass is 10.0. The van der Waals surface area contributed by atoms with Crippen molar-refractivity contribution < 1.29 is 13.2 Å². The van der Waals surface area contributed by atoms with Gasteiger partial charge in [0.05, 0.1) is 22.3 Å². The molecule has 0 aliphatic heterocycles. The van der Waals surface area contributed by atoms with Crippen LogP contribution < -0.4 is 5.73 Å². The zero-order valence-electron chi connectivity index (χ0n) is 15.6. The molecule has 3 atom stereocenters. The summed E-state index contributed by atoms with van der Waals surface area (Å²) in [4.78, 5) is 0.326. The van der Waals surface area contributed by atoms with Crippen molar-refractivity contribution in [1.82, 2.24) is 0 Å². The molecule has 0 bridgehead atoms. The van der Waals surface area contributed by atoms with E-state index in [0.29, 0.717) is 11.5 Å². The van der Waals surface area contributed by atoms with Crippen molar-refractivity contribution in [3.63, 3.8) is 0 Å². The molecule has 5 heteroatoms. The molecule has 0 amide bonds. The highest BCUT2D eigenvalue weighted by atomic mass is 32.2. The van der Waals surface area contributed by atoms with Crippen molar-refractivity contribution in [2.45, 2.75) is 48.8 Å². The molecular weight excluding hydrogens is 346 g/mol. The average molecular weight is 374 g/mol. The van der Waals surface area contributed by atoms with Gasteiger partial charge in [-0.1, -0.05) is 48.9 Å². The summed E-state index contributed by atoms with van der Waals surface area (Å²) in [6.07, 6.45) is 0.947. The highest BCUT2D eigenvalue weighted by Crippen LogP contribution is 2.55. The van der Waals surface area contributed by atoms with Gasteiger partial charge in [0.25, 0.3) is 0 Å². The van der Waals surface area contributed by atoms with Gasteiger partial charge in [-0.25, -0.2) is 8.42 Å². The van der Waals surface area contributed by atoms with E-state index in [9.17, 15) is 8.42 Å². The van der Waals surface area contributed by atoms with E-state index >= 15 is 0 Å². The minimum absolute atomic E-state index is 0.236. The smallest absolute Gasteiger partial charge is 0.183 e. The normalized spacial score (nSPS) is 25.2. The summed E-state index contributed by atoms with van der Waals surface area (Å²) in [6.45, 7) is 6.67. The summed E-state index contributed by atoms with van der Waals surface area (Å²) in [5.74, 6) is -0.258. The van der Waals surface area contributed by atoms with Crippen LogP contribution in [0.2, 0.25) is 0 Å². The van der Waals surface area contributed by atoms with E-state index in [1.807, 2.05) is 50.2 Å². The molecule has 0 heterocycles. The van der Waals surface area contributed by atoms with E-state index in [1.165, 1.54) is 5.56 Å². The molecule has 1 aliphatic rings. The second-order valence-electron chi connectivity index (χ2n) is 7.10. The van der Waals surface area contributed by atoms with E-state index in [2.05, 4.69) is 6.92 Å². The lowest BCUT2D eigenvalue weighted by Crippen LogP contribution is -2.36. The van der Waals surface area contributed by atoms with Crippen LogP contribution in [0.4, 0.5) is 0 Å². The van der Waals surface area contributed by atoms with Crippen LogP contribution in [0.25, 0.3) is 0 Å². The van der Waals surface area contributed by atoms with Crippen molar-refractivity contribution >= 4 is 9.84 Å². The van der Waals surface area contributed by atoms with Crippen molar-refractivity contribution in [3.05, 3.63) is 65.2 Å². The SMILES string of the molecule is CCOC[C@@]1(N)[C@H](c2ccc(CC)cc2)[C@@H]1S(=O)(=O)c1ccc(C)cc1. The molecule has 3 rings (SSSR count). The number of sulfone groups is 1. The molecular formula is C21H27NO3S. The van der Waals surface area contributed by atoms with Crippen molar-refractivity contribution in [2.75, 3.05) is 13.2 Å². The van der Waals surface area contributed by atoms with Gasteiger partial charge < -0.3 is 10.5 Å². The molecule has 0 radical (unpaired) electrons. The molecule has 1 fully saturated rings. The van der Waals surface area contributed by atoms with Crippen molar-refractivity contribution in [1.29, 1.82) is 0 Å². The van der Waals surface area contributed by atoms with E-state index in [1.54, 1.807) is 12.1 Å². The Bertz CT molecular complexity index is 859. The van der Waals surface area contributed by atoms with Crippen LogP contribution in [-0.4, -0.2) is 32.4 Å². The molecule has 140 valence electrons. The first-order valence-electron chi connectivity index (χ1n) is 9.10. The quantitative estimate of drug-likeness (QED) is 0.809. The van der Waals surface area contributed by atoms with E-state index in [-0.39, 0.29) is 12.5 Å². The van der Waals surface area contributed by atoms with Crippen LogP contribution in [0, 0.1) is 6.92 Å². The fraction of sp³-hybridized carbons (Fsp3) is 0.429. The Morgan fingerprint density at radius 1 is 1.04 bits per heavy atom. The molecule has 2 aromatic carbocycles. The number of hydrogen-bond acceptors (Lipinski definition) is 4. The summed E-state index contributed by atoms with van der Waals surface area (Å²) in [5.41, 5.74) is 8.89. The molecule has 2 aromatic rings. The second kappa shape index (κ2) is 7.14. The molecule has 1 saturated carbocycles. The number of aryl methyl sites for hydroxylation is 2. The Labute approximate surface area is 156 Å². The zero-order valence-corrected chi connectivity index (χ0v) is 16.4. The topological polar surface area (TPSA) is 69.4 Å². The third-order valence-electron chi connectivity index (χ3n) is 5.29. The zero-order chi connectivity index (χ0) is 18.9. The summed E-state index contributed by atoms with van der Waals surface area (Å²) in [6, 6.07) is 15.1. The third-order valence-corrected chi connectivity index (χ3v) is 7.60. The van der Waals surface area contributed by atoms with Crippen molar-refractivity contribution in [3.8, 4) is 0 Å². The summed E-state index contributed by atoms with van der Waals surface area (Å²) in [5, 5.41) is -0.670. The van der Waals surface area contributed by atoms with Crippen LogP contribution in [0.3, 0.4) is 0 Å². The predicted octanol–water partition coefficient (Wildman–Crippen LogP) is 3.23. The highest BCUT2D eigenvalue weighted by Gasteiger charge is 2.69. The molecule has 26 heavy (non-hydrogen) atoms. The monoisotopic (exact) mass is 373 g/mol. The fourth-order valence-corrected chi connectivity index (χ4v) is 5.95. The summed E-state index contributed by atoms with van der Waals surface area (Å²) >= 11 is 0. The molecule has 0 unspecified atom stereocenters. The third kappa shape index (κ3) is 3.31. The van der Waals surface area contributed by atoms with Gasteiger partial charge in [-0.3, -0.25) is 0 Å². The highest BCUT2D eigenvalue weighted by molar-refractivity contribution is 7.92. The Morgan fingerprint density at radius 3 is 2.19 bits per heavy atom. The molecule has 1 aliphatic carbocycles. The molecule has 0 saturated heterocycles.